The first-order valence-electron chi connectivity index (χ1n) is 7.85. The molecule has 1 unspecified atom stereocenters. The fraction of sp³-hybridized carbons (Fsp3) is 0.933. The predicted molar refractivity (Wildman–Crippen MR) is 83.3 cm³/mol. The molecule has 1 atom stereocenters. The second kappa shape index (κ2) is 9.59. The molecule has 2 saturated heterocycles. The number of carbonyl (C=O) groups is 1. The van der Waals surface area contributed by atoms with Crippen molar-refractivity contribution >= 4 is 18.3 Å². The molecule has 2 aliphatic heterocycles. The number of hydrogen-bond acceptors (Lipinski definition) is 3. The summed E-state index contributed by atoms with van der Waals surface area (Å²) in [5.41, 5.74) is 0. The molecule has 2 heterocycles. The van der Waals surface area contributed by atoms with E-state index in [1.54, 1.807) is 0 Å². The third-order valence-corrected chi connectivity index (χ3v) is 4.44. The highest BCUT2D eigenvalue weighted by Crippen LogP contribution is 2.21. The Balaban J connectivity index is 0.00000200. The maximum Gasteiger partial charge on any atom is 0.222 e. The molecule has 1 N–H and O–H groups in total. The zero-order chi connectivity index (χ0) is 13.5. The number of nitrogens with one attached hydrogen (secondary N) is 1. The topological polar surface area (TPSA) is 41.6 Å². The van der Waals surface area contributed by atoms with E-state index < -0.39 is 0 Å². The minimum absolute atomic E-state index is 0. The molecule has 5 heteroatoms. The highest BCUT2D eigenvalue weighted by atomic mass is 35.5. The van der Waals surface area contributed by atoms with E-state index in [0.717, 1.165) is 71.0 Å². The normalized spacial score (nSPS) is 23.6. The van der Waals surface area contributed by atoms with Crippen LogP contribution in [0.2, 0.25) is 0 Å². The van der Waals surface area contributed by atoms with Crippen LogP contribution in [-0.4, -0.2) is 50.2 Å². The Morgan fingerprint density at radius 3 is 2.60 bits per heavy atom. The van der Waals surface area contributed by atoms with Crippen molar-refractivity contribution in [1.29, 1.82) is 0 Å². The van der Waals surface area contributed by atoms with Gasteiger partial charge in [0, 0.05) is 32.7 Å². The van der Waals surface area contributed by atoms with Gasteiger partial charge in [-0.05, 0) is 50.6 Å². The molecule has 0 aromatic heterocycles. The largest absolute Gasteiger partial charge is 0.381 e. The summed E-state index contributed by atoms with van der Waals surface area (Å²) in [6.45, 7) is 7.95. The molecule has 118 valence electrons. The Kier molecular flexibility index (Phi) is 8.50. The first-order chi connectivity index (χ1) is 9.29. The molecule has 0 radical (unpaired) electrons. The number of amides is 1. The summed E-state index contributed by atoms with van der Waals surface area (Å²) in [7, 11) is 0. The van der Waals surface area contributed by atoms with E-state index in [9.17, 15) is 4.79 Å². The molecule has 2 rings (SSSR count). The average Bonchev–Trinajstić information content (AvgIpc) is 2.96. The summed E-state index contributed by atoms with van der Waals surface area (Å²) in [5.74, 6) is 1.73. The van der Waals surface area contributed by atoms with E-state index in [1.807, 2.05) is 0 Å². The molecule has 1 amide bonds. The van der Waals surface area contributed by atoms with Gasteiger partial charge in [0.15, 0.2) is 0 Å². The van der Waals surface area contributed by atoms with Crippen LogP contribution in [0.25, 0.3) is 0 Å². The van der Waals surface area contributed by atoms with Gasteiger partial charge in [0.1, 0.15) is 0 Å². The molecule has 2 aliphatic rings. The second-order valence-corrected chi connectivity index (χ2v) is 5.90. The van der Waals surface area contributed by atoms with Crippen molar-refractivity contribution in [2.75, 3.05) is 39.4 Å². The van der Waals surface area contributed by atoms with Gasteiger partial charge in [0.2, 0.25) is 5.91 Å². The third kappa shape index (κ3) is 5.58. The van der Waals surface area contributed by atoms with Crippen LogP contribution in [0.4, 0.5) is 0 Å². The summed E-state index contributed by atoms with van der Waals surface area (Å²) < 4.78 is 5.35. The Labute approximate surface area is 129 Å². The van der Waals surface area contributed by atoms with Gasteiger partial charge >= 0.3 is 0 Å². The van der Waals surface area contributed by atoms with E-state index in [1.165, 1.54) is 0 Å². The number of likely N-dealkylation sites (tertiary alicyclic amines) is 1. The molecule has 0 aliphatic carbocycles. The summed E-state index contributed by atoms with van der Waals surface area (Å²) in [6.07, 6.45) is 5.18. The Hall–Kier alpha value is -0.320. The fourth-order valence-electron chi connectivity index (χ4n) is 3.03. The summed E-state index contributed by atoms with van der Waals surface area (Å²) in [5, 5.41) is 3.41. The molecule has 4 nitrogen and oxygen atoms in total. The quantitative estimate of drug-likeness (QED) is 0.817. The van der Waals surface area contributed by atoms with Crippen LogP contribution in [0.15, 0.2) is 0 Å². The molecule has 0 spiro atoms. The molecule has 0 saturated carbocycles. The lowest BCUT2D eigenvalue weighted by Gasteiger charge is -2.32. The SMILES string of the molecule is CCNCC1CCN(C(=O)CCC2CCOC2)CC1.Cl. The van der Waals surface area contributed by atoms with Gasteiger partial charge in [-0.3, -0.25) is 4.79 Å². The van der Waals surface area contributed by atoms with Crippen LogP contribution in [0.5, 0.6) is 0 Å². The molecule has 0 bridgehead atoms. The van der Waals surface area contributed by atoms with Crippen molar-refractivity contribution in [3.05, 3.63) is 0 Å². The first kappa shape index (κ1) is 17.7. The van der Waals surface area contributed by atoms with Gasteiger partial charge in [-0.15, -0.1) is 12.4 Å². The molecule has 20 heavy (non-hydrogen) atoms. The van der Waals surface area contributed by atoms with Gasteiger partial charge in [-0.1, -0.05) is 6.92 Å². The van der Waals surface area contributed by atoms with E-state index in [-0.39, 0.29) is 12.4 Å². The van der Waals surface area contributed by atoms with Gasteiger partial charge < -0.3 is 15.0 Å². The van der Waals surface area contributed by atoms with Gasteiger partial charge in [0.25, 0.3) is 0 Å². The molecular weight excluding hydrogens is 276 g/mol. The summed E-state index contributed by atoms with van der Waals surface area (Å²) >= 11 is 0. The lowest BCUT2D eigenvalue weighted by atomic mass is 9.96. The van der Waals surface area contributed by atoms with Crippen molar-refractivity contribution in [1.82, 2.24) is 10.2 Å². The first-order valence-corrected chi connectivity index (χ1v) is 7.85. The lowest BCUT2D eigenvalue weighted by Crippen LogP contribution is -2.40. The zero-order valence-corrected chi connectivity index (χ0v) is 13.4. The number of piperidine rings is 1. The number of nitrogens with zero attached hydrogens (tertiary/aromatic N) is 1. The fourth-order valence-corrected chi connectivity index (χ4v) is 3.03. The summed E-state index contributed by atoms with van der Waals surface area (Å²) in [4.78, 5) is 14.2. The van der Waals surface area contributed by atoms with Gasteiger partial charge in [-0.25, -0.2) is 0 Å². The Morgan fingerprint density at radius 2 is 2.00 bits per heavy atom. The second-order valence-electron chi connectivity index (χ2n) is 5.90. The van der Waals surface area contributed by atoms with Crippen LogP contribution in [0.3, 0.4) is 0 Å². The van der Waals surface area contributed by atoms with Gasteiger partial charge in [0.05, 0.1) is 0 Å². The minimum atomic E-state index is 0. The number of carbonyl (C=O) groups excluding carboxylic acids is 1. The van der Waals surface area contributed by atoms with Crippen LogP contribution >= 0.6 is 12.4 Å². The summed E-state index contributed by atoms with van der Waals surface area (Å²) in [6, 6.07) is 0. The minimum Gasteiger partial charge on any atom is -0.381 e. The van der Waals surface area contributed by atoms with Gasteiger partial charge in [-0.2, -0.15) is 0 Å². The number of rotatable bonds is 6. The van der Waals surface area contributed by atoms with Crippen LogP contribution < -0.4 is 5.32 Å². The smallest absolute Gasteiger partial charge is 0.222 e. The van der Waals surface area contributed by atoms with Crippen LogP contribution in [0, 0.1) is 11.8 Å². The van der Waals surface area contributed by atoms with Crippen molar-refractivity contribution in [3.8, 4) is 0 Å². The van der Waals surface area contributed by atoms with Crippen molar-refractivity contribution in [2.45, 2.75) is 39.0 Å². The molecule has 0 aromatic rings. The predicted octanol–water partition coefficient (Wildman–Crippen LogP) is 2.07. The number of hydrogen-bond donors (Lipinski definition) is 1. The zero-order valence-electron chi connectivity index (χ0n) is 12.6. The van der Waals surface area contributed by atoms with Crippen LogP contribution in [-0.2, 0) is 9.53 Å². The van der Waals surface area contributed by atoms with E-state index in [4.69, 9.17) is 4.74 Å². The van der Waals surface area contributed by atoms with E-state index >= 15 is 0 Å². The maximum absolute atomic E-state index is 12.1. The maximum atomic E-state index is 12.1. The van der Waals surface area contributed by atoms with Crippen molar-refractivity contribution < 1.29 is 9.53 Å². The Morgan fingerprint density at radius 1 is 1.25 bits per heavy atom. The monoisotopic (exact) mass is 304 g/mol. The van der Waals surface area contributed by atoms with Crippen molar-refractivity contribution in [3.63, 3.8) is 0 Å². The van der Waals surface area contributed by atoms with E-state index in [0.29, 0.717) is 18.2 Å². The Bertz CT molecular complexity index is 275. The molecule has 0 aromatic carbocycles. The highest BCUT2D eigenvalue weighted by Gasteiger charge is 2.23. The average molecular weight is 305 g/mol. The standard InChI is InChI=1S/C15H28N2O2.ClH/c1-2-16-11-13-5-8-17(9-6-13)15(18)4-3-14-7-10-19-12-14;/h13-14,16H,2-12H2,1H3;1H. The molecule has 2 fully saturated rings. The van der Waals surface area contributed by atoms with Crippen molar-refractivity contribution in [2.24, 2.45) is 11.8 Å². The number of ether oxygens (including phenoxy) is 1. The van der Waals surface area contributed by atoms with E-state index in [2.05, 4.69) is 17.1 Å². The molecular formula is C15H29ClN2O2. The highest BCUT2D eigenvalue weighted by molar-refractivity contribution is 5.85. The third-order valence-electron chi connectivity index (χ3n) is 4.44. The van der Waals surface area contributed by atoms with Crippen LogP contribution in [0.1, 0.15) is 39.0 Å². The number of halogens is 1. The lowest BCUT2D eigenvalue weighted by molar-refractivity contribution is -0.132.